The van der Waals surface area contributed by atoms with E-state index in [9.17, 15) is 9.00 Å². The van der Waals surface area contributed by atoms with E-state index in [2.05, 4.69) is 11.1 Å². The quantitative estimate of drug-likeness (QED) is 0.688. The number of rotatable bonds is 8. The molecule has 0 amide bonds. The summed E-state index contributed by atoms with van der Waals surface area (Å²) in [6, 6.07) is 8.12. The van der Waals surface area contributed by atoms with E-state index in [0.717, 1.165) is 22.0 Å². The van der Waals surface area contributed by atoms with E-state index in [1.165, 1.54) is 0 Å². The van der Waals surface area contributed by atoms with E-state index in [0.29, 0.717) is 12.8 Å². The number of hydrogen-bond donors (Lipinski definition) is 1. The molecule has 0 saturated carbocycles. The Morgan fingerprint density at radius 1 is 1.20 bits per heavy atom. The second kappa shape index (κ2) is 8.61. The van der Waals surface area contributed by atoms with Gasteiger partial charge in [0.15, 0.2) is 5.78 Å². The molecule has 1 aromatic carbocycles. The number of aromatic amines is 1. The lowest BCUT2D eigenvalue weighted by molar-refractivity contribution is -0.121. The van der Waals surface area contributed by atoms with Gasteiger partial charge >= 0.3 is 0 Å². The number of ketones is 1. The number of aromatic nitrogens is 1. The van der Waals surface area contributed by atoms with Crippen LogP contribution in [0.4, 0.5) is 0 Å². The molecule has 3 atom stereocenters. The van der Waals surface area contributed by atoms with Crippen molar-refractivity contribution in [2.75, 3.05) is 0 Å². The average molecular weight is 360 g/mol. The highest BCUT2D eigenvalue weighted by molar-refractivity contribution is 7.87. The number of benzene rings is 1. The first kappa shape index (κ1) is 19.6. The average Bonchev–Trinajstić information content (AvgIpc) is 2.97. The summed E-state index contributed by atoms with van der Waals surface area (Å²) in [7, 11) is -1.15. The van der Waals surface area contributed by atoms with Crippen molar-refractivity contribution in [1.82, 2.24) is 4.98 Å². The number of para-hydroxylation sites is 1. The smallest absolute Gasteiger partial charge is 0.151 e. The molecule has 0 radical (unpaired) electrons. The van der Waals surface area contributed by atoms with Gasteiger partial charge in [-0.15, -0.1) is 0 Å². The third kappa shape index (κ3) is 4.91. The zero-order chi connectivity index (χ0) is 18.6. The Labute approximate surface area is 153 Å². The molecule has 1 aromatic heterocycles. The predicted molar refractivity (Wildman–Crippen MR) is 107 cm³/mol. The minimum atomic E-state index is -1.15. The molecule has 0 aliphatic carbocycles. The highest BCUT2D eigenvalue weighted by Gasteiger charge is 2.30. The topological polar surface area (TPSA) is 49.9 Å². The standard InChI is InChI=1S/C21H29NO2S/c1-14(2)10-11-20(25(24)15(3)4)21(23)16(5)12-17-13-22-19-9-7-6-8-18(17)19/h6-10,13,15-16,20,22H,11-12H2,1-5H3. The minimum Gasteiger partial charge on any atom is -0.361 e. The van der Waals surface area contributed by atoms with Crippen LogP contribution >= 0.6 is 0 Å². The fourth-order valence-electron chi connectivity index (χ4n) is 3.05. The van der Waals surface area contributed by atoms with Gasteiger partial charge in [0, 0.05) is 39.1 Å². The molecule has 0 spiro atoms. The van der Waals surface area contributed by atoms with E-state index in [4.69, 9.17) is 0 Å². The van der Waals surface area contributed by atoms with Gasteiger partial charge in [0.05, 0.1) is 5.25 Å². The zero-order valence-electron chi connectivity index (χ0n) is 15.8. The summed E-state index contributed by atoms with van der Waals surface area (Å²) in [5.74, 6) is -0.0488. The molecule has 136 valence electrons. The summed E-state index contributed by atoms with van der Waals surface area (Å²) in [5.41, 5.74) is 3.39. The SMILES string of the molecule is CC(C)=CCC(C(=O)C(C)Cc1c[nH]c2ccccc12)S(=O)C(C)C. The Balaban J connectivity index is 2.19. The van der Waals surface area contributed by atoms with Crippen molar-refractivity contribution < 1.29 is 9.00 Å². The minimum absolute atomic E-state index is 0.0141. The van der Waals surface area contributed by atoms with Gasteiger partial charge in [0.1, 0.15) is 0 Å². The molecule has 0 bridgehead atoms. The van der Waals surface area contributed by atoms with Crippen LogP contribution in [0.2, 0.25) is 0 Å². The summed E-state index contributed by atoms with van der Waals surface area (Å²) < 4.78 is 12.7. The van der Waals surface area contributed by atoms with E-state index >= 15 is 0 Å². The monoisotopic (exact) mass is 359 g/mol. The maximum atomic E-state index is 13.0. The first-order valence-corrected chi connectivity index (χ1v) is 10.2. The van der Waals surface area contributed by atoms with Crippen molar-refractivity contribution in [3.8, 4) is 0 Å². The number of H-pyrrole nitrogens is 1. The van der Waals surface area contributed by atoms with Gasteiger partial charge < -0.3 is 4.98 Å². The molecule has 3 unspecified atom stereocenters. The van der Waals surface area contributed by atoms with Gasteiger partial charge in [0.2, 0.25) is 0 Å². The molecule has 4 heteroatoms. The van der Waals surface area contributed by atoms with Crippen molar-refractivity contribution in [1.29, 1.82) is 0 Å². The molecule has 3 nitrogen and oxygen atoms in total. The van der Waals surface area contributed by atoms with Crippen LogP contribution in [0.3, 0.4) is 0 Å². The molecular formula is C21H29NO2S. The van der Waals surface area contributed by atoms with Gasteiger partial charge in [0.25, 0.3) is 0 Å². The van der Waals surface area contributed by atoms with Crippen LogP contribution in [0.15, 0.2) is 42.1 Å². The fourth-order valence-corrected chi connectivity index (χ4v) is 4.45. The summed E-state index contributed by atoms with van der Waals surface area (Å²) in [4.78, 5) is 16.3. The van der Waals surface area contributed by atoms with Crippen LogP contribution in [0, 0.1) is 5.92 Å². The lowest BCUT2D eigenvalue weighted by atomic mass is 9.94. The van der Waals surface area contributed by atoms with Crippen LogP contribution < -0.4 is 0 Å². The second-order valence-corrected chi connectivity index (χ2v) is 9.42. The molecule has 2 rings (SSSR count). The van der Waals surface area contributed by atoms with Crippen molar-refractivity contribution in [3.05, 3.63) is 47.7 Å². The highest BCUT2D eigenvalue weighted by atomic mass is 32.2. The lowest BCUT2D eigenvalue weighted by Crippen LogP contribution is -2.34. The van der Waals surface area contributed by atoms with E-state index in [-0.39, 0.29) is 17.0 Å². The molecule has 25 heavy (non-hydrogen) atoms. The molecule has 0 aliphatic heterocycles. The molecule has 1 heterocycles. The summed E-state index contributed by atoms with van der Waals surface area (Å²) in [5, 5.41) is 0.725. The fraction of sp³-hybridized carbons (Fsp3) is 0.476. The summed E-state index contributed by atoms with van der Waals surface area (Å²) >= 11 is 0. The maximum Gasteiger partial charge on any atom is 0.151 e. The number of allylic oxidation sites excluding steroid dienone is 2. The number of carbonyl (C=O) groups is 1. The third-order valence-corrected chi connectivity index (χ3v) is 6.40. The molecule has 2 aromatic rings. The Bertz CT molecular complexity index is 784. The van der Waals surface area contributed by atoms with Crippen molar-refractivity contribution in [2.45, 2.75) is 58.0 Å². The summed E-state index contributed by atoms with van der Waals surface area (Å²) in [6.45, 7) is 9.81. The molecule has 1 N–H and O–H groups in total. The Morgan fingerprint density at radius 3 is 2.52 bits per heavy atom. The predicted octanol–water partition coefficient (Wildman–Crippen LogP) is 4.80. The van der Waals surface area contributed by atoms with E-state index in [1.807, 2.05) is 65.1 Å². The van der Waals surface area contributed by atoms with Crippen molar-refractivity contribution >= 4 is 27.5 Å². The third-order valence-electron chi connectivity index (χ3n) is 4.49. The number of hydrogen-bond acceptors (Lipinski definition) is 2. The van der Waals surface area contributed by atoms with Crippen LogP contribution in [0.25, 0.3) is 10.9 Å². The van der Waals surface area contributed by atoms with Crippen molar-refractivity contribution in [2.24, 2.45) is 5.92 Å². The van der Waals surface area contributed by atoms with Gasteiger partial charge in [-0.1, -0.05) is 50.6 Å². The van der Waals surface area contributed by atoms with Gasteiger partial charge in [-0.2, -0.15) is 0 Å². The van der Waals surface area contributed by atoms with Crippen LogP contribution in [0.1, 0.15) is 46.6 Å². The molecule has 0 saturated heterocycles. The van der Waals surface area contributed by atoms with Crippen molar-refractivity contribution in [3.63, 3.8) is 0 Å². The Kier molecular flexibility index (Phi) is 6.77. The van der Waals surface area contributed by atoms with E-state index in [1.54, 1.807) is 0 Å². The summed E-state index contributed by atoms with van der Waals surface area (Å²) in [6.07, 6.45) is 5.24. The Hall–Kier alpha value is -1.68. The molecule has 0 fully saturated rings. The highest BCUT2D eigenvalue weighted by Crippen LogP contribution is 2.23. The normalized spacial score (nSPS) is 15.1. The Morgan fingerprint density at radius 2 is 1.88 bits per heavy atom. The maximum absolute atomic E-state index is 13.0. The van der Waals surface area contributed by atoms with Crippen LogP contribution in [-0.4, -0.2) is 25.5 Å². The number of Topliss-reactive ketones (excluding diaryl/α,β-unsaturated/α-hetero) is 1. The number of carbonyl (C=O) groups excluding carboxylic acids is 1. The molecular weight excluding hydrogens is 330 g/mol. The number of nitrogens with one attached hydrogen (secondary N) is 1. The van der Waals surface area contributed by atoms with Gasteiger partial charge in [-0.05, 0) is 38.3 Å². The number of fused-ring (bicyclic) bond motifs is 1. The second-order valence-electron chi connectivity index (χ2n) is 7.25. The first-order chi connectivity index (χ1) is 11.8. The van der Waals surface area contributed by atoms with Crippen LogP contribution in [0.5, 0.6) is 0 Å². The van der Waals surface area contributed by atoms with Crippen LogP contribution in [-0.2, 0) is 22.0 Å². The van der Waals surface area contributed by atoms with E-state index < -0.39 is 16.0 Å². The van der Waals surface area contributed by atoms with Gasteiger partial charge in [-0.25, -0.2) is 0 Å². The largest absolute Gasteiger partial charge is 0.361 e. The zero-order valence-corrected chi connectivity index (χ0v) is 16.7. The molecule has 0 aliphatic rings. The van der Waals surface area contributed by atoms with Gasteiger partial charge in [-0.3, -0.25) is 9.00 Å². The first-order valence-electron chi connectivity index (χ1n) is 8.92. The lowest BCUT2D eigenvalue weighted by Gasteiger charge is -2.20.